The van der Waals surface area contributed by atoms with Crippen molar-refractivity contribution < 1.29 is 9.21 Å². The molecule has 1 aliphatic heterocycles. The van der Waals surface area contributed by atoms with Gasteiger partial charge in [0.1, 0.15) is 17.4 Å². The first-order chi connectivity index (χ1) is 11.8. The van der Waals surface area contributed by atoms with Crippen LogP contribution in [-0.4, -0.2) is 19.0 Å². The SMILES string of the molecule is N#C/C(=C/c1ccc(N2CCCC2)o1)C(=O)NCc1ccccc1. The van der Waals surface area contributed by atoms with Gasteiger partial charge in [0.05, 0.1) is 0 Å². The summed E-state index contributed by atoms with van der Waals surface area (Å²) in [5.74, 6) is 0.907. The zero-order valence-corrected chi connectivity index (χ0v) is 13.4. The van der Waals surface area contributed by atoms with Gasteiger partial charge < -0.3 is 14.6 Å². The summed E-state index contributed by atoms with van der Waals surface area (Å²) in [6.07, 6.45) is 3.81. The number of nitrogens with one attached hydrogen (secondary N) is 1. The molecule has 1 amide bonds. The summed E-state index contributed by atoms with van der Waals surface area (Å²) in [7, 11) is 0. The van der Waals surface area contributed by atoms with Gasteiger partial charge in [-0.1, -0.05) is 30.3 Å². The highest BCUT2D eigenvalue weighted by Gasteiger charge is 2.16. The number of carbonyl (C=O) groups excluding carboxylic acids is 1. The van der Waals surface area contributed by atoms with Crippen LogP contribution in [0.4, 0.5) is 5.88 Å². The van der Waals surface area contributed by atoms with E-state index in [2.05, 4.69) is 10.2 Å². The zero-order chi connectivity index (χ0) is 16.8. The Morgan fingerprint density at radius 2 is 1.96 bits per heavy atom. The van der Waals surface area contributed by atoms with Crippen molar-refractivity contribution in [2.45, 2.75) is 19.4 Å². The van der Waals surface area contributed by atoms with E-state index >= 15 is 0 Å². The third kappa shape index (κ3) is 3.85. The van der Waals surface area contributed by atoms with Crippen molar-refractivity contribution in [3.05, 3.63) is 59.4 Å². The molecule has 122 valence electrons. The summed E-state index contributed by atoms with van der Waals surface area (Å²) in [4.78, 5) is 14.3. The minimum Gasteiger partial charge on any atom is -0.441 e. The van der Waals surface area contributed by atoms with Gasteiger partial charge in [-0.15, -0.1) is 0 Å². The summed E-state index contributed by atoms with van der Waals surface area (Å²) in [6.45, 7) is 2.36. The van der Waals surface area contributed by atoms with Gasteiger partial charge in [0.2, 0.25) is 0 Å². The van der Waals surface area contributed by atoms with Crippen LogP contribution in [0, 0.1) is 11.3 Å². The highest BCUT2D eigenvalue weighted by atomic mass is 16.4. The van der Waals surface area contributed by atoms with E-state index in [1.54, 1.807) is 6.07 Å². The van der Waals surface area contributed by atoms with Gasteiger partial charge in [0.25, 0.3) is 5.91 Å². The molecule has 1 saturated heterocycles. The van der Waals surface area contributed by atoms with Crippen LogP contribution in [0.5, 0.6) is 0 Å². The Kier molecular flexibility index (Phi) is 4.97. The maximum Gasteiger partial charge on any atom is 0.262 e. The third-order valence-corrected chi connectivity index (χ3v) is 3.98. The van der Waals surface area contributed by atoms with Crippen LogP contribution in [0.15, 0.2) is 52.5 Å². The predicted octanol–water partition coefficient (Wildman–Crippen LogP) is 3.10. The van der Waals surface area contributed by atoms with Crippen molar-refractivity contribution in [3.63, 3.8) is 0 Å². The van der Waals surface area contributed by atoms with E-state index in [9.17, 15) is 10.1 Å². The third-order valence-electron chi connectivity index (χ3n) is 3.98. The first-order valence-electron chi connectivity index (χ1n) is 8.05. The number of hydrogen-bond donors (Lipinski definition) is 1. The van der Waals surface area contributed by atoms with E-state index in [1.165, 1.54) is 6.08 Å². The summed E-state index contributed by atoms with van der Waals surface area (Å²) in [5.41, 5.74) is 1.02. The molecule has 5 nitrogen and oxygen atoms in total. The molecule has 0 unspecified atom stereocenters. The molecular formula is C19H19N3O2. The van der Waals surface area contributed by atoms with E-state index in [4.69, 9.17) is 4.42 Å². The Morgan fingerprint density at radius 1 is 1.21 bits per heavy atom. The normalized spacial score (nSPS) is 14.5. The van der Waals surface area contributed by atoms with Gasteiger partial charge >= 0.3 is 0 Å². The van der Waals surface area contributed by atoms with Gasteiger partial charge in [0.15, 0.2) is 5.88 Å². The van der Waals surface area contributed by atoms with Crippen LogP contribution in [0.2, 0.25) is 0 Å². The molecule has 24 heavy (non-hydrogen) atoms. The lowest BCUT2D eigenvalue weighted by Gasteiger charge is -2.12. The number of nitrogens with zero attached hydrogens (tertiary/aromatic N) is 2. The molecular weight excluding hydrogens is 302 g/mol. The number of rotatable bonds is 5. The zero-order valence-electron chi connectivity index (χ0n) is 13.4. The van der Waals surface area contributed by atoms with Crippen molar-refractivity contribution in [1.82, 2.24) is 5.32 Å². The molecule has 2 heterocycles. The average Bonchev–Trinajstić information content (AvgIpc) is 3.29. The van der Waals surface area contributed by atoms with Gasteiger partial charge in [-0.05, 0) is 24.5 Å². The Hall–Kier alpha value is -3.00. The molecule has 5 heteroatoms. The van der Waals surface area contributed by atoms with Gasteiger partial charge in [-0.2, -0.15) is 5.26 Å². The molecule has 3 rings (SSSR count). The lowest BCUT2D eigenvalue weighted by Crippen LogP contribution is -2.23. The molecule has 1 aromatic carbocycles. The van der Waals surface area contributed by atoms with Crippen molar-refractivity contribution >= 4 is 17.9 Å². The Morgan fingerprint density at radius 3 is 2.67 bits per heavy atom. The summed E-state index contributed by atoms with van der Waals surface area (Å²) in [5, 5.41) is 12.0. The van der Waals surface area contributed by atoms with Crippen molar-refractivity contribution in [2.24, 2.45) is 0 Å². The molecule has 1 aromatic heterocycles. The first kappa shape index (κ1) is 15.9. The van der Waals surface area contributed by atoms with Crippen molar-refractivity contribution in [1.29, 1.82) is 5.26 Å². The molecule has 1 aliphatic rings. The maximum atomic E-state index is 12.2. The van der Waals surface area contributed by atoms with Crippen LogP contribution in [-0.2, 0) is 11.3 Å². The number of furan rings is 1. The van der Waals surface area contributed by atoms with E-state index in [0.29, 0.717) is 12.3 Å². The number of hydrogen-bond acceptors (Lipinski definition) is 4. The van der Waals surface area contributed by atoms with Crippen LogP contribution in [0.25, 0.3) is 6.08 Å². The van der Waals surface area contributed by atoms with E-state index in [1.807, 2.05) is 42.5 Å². The number of anilines is 1. The molecule has 2 aromatic rings. The Bertz CT molecular complexity index is 765. The summed E-state index contributed by atoms with van der Waals surface area (Å²) >= 11 is 0. The topological polar surface area (TPSA) is 69.3 Å². The lowest BCUT2D eigenvalue weighted by atomic mass is 10.2. The molecule has 0 bridgehead atoms. The second-order valence-electron chi connectivity index (χ2n) is 5.71. The van der Waals surface area contributed by atoms with Crippen molar-refractivity contribution in [2.75, 3.05) is 18.0 Å². The fourth-order valence-electron chi connectivity index (χ4n) is 2.69. The number of benzene rings is 1. The molecule has 0 radical (unpaired) electrons. The van der Waals surface area contributed by atoms with E-state index < -0.39 is 5.91 Å². The average molecular weight is 321 g/mol. The van der Waals surface area contributed by atoms with Gasteiger partial charge in [-0.25, -0.2) is 0 Å². The molecule has 0 saturated carbocycles. The Balaban J connectivity index is 1.65. The fraction of sp³-hybridized carbons (Fsp3) is 0.263. The standard InChI is InChI=1S/C19H19N3O2/c20-13-16(19(23)21-14-15-6-2-1-3-7-15)12-17-8-9-18(24-17)22-10-4-5-11-22/h1-3,6-9,12H,4-5,10-11,14H2,(H,21,23)/b16-12-. The number of nitriles is 1. The minimum absolute atomic E-state index is 0.0354. The lowest BCUT2D eigenvalue weighted by molar-refractivity contribution is -0.117. The highest BCUT2D eigenvalue weighted by molar-refractivity contribution is 6.01. The van der Waals surface area contributed by atoms with Crippen molar-refractivity contribution in [3.8, 4) is 6.07 Å². The first-order valence-corrected chi connectivity index (χ1v) is 8.05. The van der Waals surface area contributed by atoms with Crippen LogP contribution in [0.3, 0.4) is 0 Å². The van der Waals surface area contributed by atoms with Crippen LogP contribution >= 0.6 is 0 Å². The van der Waals surface area contributed by atoms with E-state index in [0.717, 1.165) is 37.4 Å². The molecule has 0 atom stereocenters. The largest absolute Gasteiger partial charge is 0.441 e. The second-order valence-corrected chi connectivity index (χ2v) is 5.71. The quantitative estimate of drug-likeness (QED) is 0.678. The highest BCUT2D eigenvalue weighted by Crippen LogP contribution is 2.24. The van der Waals surface area contributed by atoms with Crippen LogP contribution < -0.4 is 10.2 Å². The number of amides is 1. The Labute approximate surface area is 141 Å². The van der Waals surface area contributed by atoms with E-state index in [-0.39, 0.29) is 5.57 Å². The monoisotopic (exact) mass is 321 g/mol. The number of carbonyl (C=O) groups is 1. The predicted molar refractivity (Wildman–Crippen MR) is 92.0 cm³/mol. The summed E-state index contributed by atoms with van der Waals surface area (Å²) < 4.78 is 5.73. The van der Waals surface area contributed by atoms with Gasteiger partial charge in [0, 0.05) is 31.8 Å². The molecule has 1 N–H and O–H groups in total. The smallest absolute Gasteiger partial charge is 0.262 e. The minimum atomic E-state index is -0.402. The van der Waals surface area contributed by atoms with Gasteiger partial charge in [-0.3, -0.25) is 4.79 Å². The maximum absolute atomic E-state index is 12.2. The second kappa shape index (κ2) is 7.51. The molecule has 0 spiro atoms. The summed E-state index contributed by atoms with van der Waals surface area (Å²) in [6, 6.07) is 15.2. The molecule has 1 fully saturated rings. The molecule has 0 aliphatic carbocycles. The van der Waals surface area contributed by atoms with Crippen LogP contribution in [0.1, 0.15) is 24.2 Å². The fourth-order valence-corrected chi connectivity index (χ4v) is 2.69.